The second kappa shape index (κ2) is 9.13. The Morgan fingerprint density at radius 1 is 1.08 bits per heavy atom. The highest BCUT2D eigenvalue weighted by Gasteiger charge is 2.44. The maximum absolute atomic E-state index is 13.9. The molecule has 0 fully saturated rings. The number of aromatic hydroxyl groups is 1. The van der Waals surface area contributed by atoms with Crippen molar-refractivity contribution < 1.29 is 37.3 Å². The van der Waals surface area contributed by atoms with E-state index in [1.807, 2.05) is 0 Å². The van der Waals surface area contributed by atoms with E-state index in [1.54, 1.807) is 18.9 Å². The zero-order valence-electron chi connectivity index (χ0n) is 19.8. The monoisotopic (exact) mass is 508 g/mol. The predicted octanol–water partition coefficient (Wildman–Crippen LogP) is 1.55. The Morgan fingerprint density at radius 3 is 2.25 bits per heavy atom. The summed E-state index contributed by atoms with van der Waals surface area (Å²) in [6.07, 6.45) is 1.06. The molecule has 0 saturated carbocycles. The van der Waals surface area contributed by atoms with Crippen LogP contribution in [0.15, 0.2) is 34.6 Å². The van der Waals surface area contributed by atoms with Crippen LogP contribution < -0.4 is 15.8 Å². The summed E-state index contributed by atoms with van der Waals surface area (Å²) in [5, 5.41) is 14.5. The fourth-order valence-electron chi connectivity index (χ4n) is 4.42. The minimum absolute atomic E-state index is 0.00323. The maximum Gasteiger partial charge on any atom is 0.278 e. The van der Waals surface area contributed by atoms with Crippen LogP contribution in [0.3, 0.4) is 0 Å². The average molecular weight is 508 g/mol. The van der Waals surface area contributed by atoms with Gasteiger partial charge in [0.05, 0.1) is 20.3 Å². The summed E-state index contributed by atoms with van der Waals surface area (Å²) in [6.45, 7) is 2.75. The first-order valence-electron chi connectivity index (χ1n) is 10.8. The molecule has 2 aromatic rings. The molecule has 2 bridgehead atoms. The number of methoxy groups -OCH3 is 2. The topological polar surface area (TPSA) is 113 Å². The number of carbonyl (C=O) groups is 2. The summed E-state index contributed by atoms with van der Waals surface area (Å²) in [5.74, 6) is -5.53. The van der Waals surface area contributed by atoms with E-state index in [0.29, 0.717) is 23.7 Å². The van der Waals surface area contributed by atoms with Gasteiger partial charge in [-0.25, -0.2) is 13.2 Å². The van der Waals surface area contributed by atoms with E-state index in [1.165, 1.54) is 23.8 Å². The lowest BCUT2D eigenvalue weighted by atomic mass is 10.1. The third-order valence-electron chi connectivity index (χ3n) is 6.33. The molecule has 0 spiro atoms. The highest BCUT2D eigenvalue weighted by molar-refractivity contribution is 5.99. The quantitative estimate of drug-likeness (QED) is 0.630. The van der Waals surface area contributed by atoms with E-state index >= 15 is 0 Å². The smallest absolute Gasteiger partial charge is 0.278 e. The van der Waals surface area contributed by atoms with Gasteiger partial charge in [0, 0.05) is 30.4 Å². The van der Waals surface area contributed by atoms with Gasteiger partial charge in [-0.1, -0.05) is 0 Å². The van der Waals surface area contributed by atoms with Gasteiger partial charge >= 0.3 is 0 Å². The van der Waals surface area contributed by atoms with Crippen LogP contribution >= 0.6 is 0 Å². The lowest BCUT2D eigenvalue weighted by Gasteiger charge is -2.41. The molecular weight excluding hydrogens is 485 g/mol. The number of carbonyl (C=O) groups excluding carboxylic acids is 2. The molecule has 2 N–H and O–H groups in total. The SMILES string of the molecule is COC1=C(OC)[C@H](C)N2CN([C@@H]1C)n1cc(C(=O)NCc3c(F)cc(F)cc3F)c(=O)c(O)c1C2=O. The van der Waals surface area contributed by atoms with Crippen LogP contribution in [0.25, 0.3) is 0 Å². The summed E-state index contributed by atoms with van der Waals surface area (Å²) >= 11 is 0. The second-order valence-corrected chi connectivity index (χ2v) is 8.29. The molecule has 10 nitrogen and oxygen atoms in total. The minimum atomic E-state index is -1.22. The molecule has 36 heavy (non-hydrogen) atoms. The molecule has 2 aliphatic heterocycles. The number of fused-ring (bicyclic) bond motifs is 4. The summed E-state index contributed by atoms with van der Waals surface area (Å²) in [7, 11) is 2.86. The van der Waals surface area contributed by atoms with E-state index in [0.717, 1.165) is 6.20 Å². The Morgan fingerprint density at radius 2 is 1.67 bits per heavy atom. The predicted molar refractivity (Wildman–Crippen MR) is 119 cm³/mol. The van der Waals surface area contributed by atoms with Crippen LogP contribution in [0.2, 0.25) is 0 Å². The fourth-order valence-corrected chi connectivity index (χ4v) is 4.42. The highest BCUT2D eigenvalue weighted by atomic mass is 19.1. The second-order valence-electron chi connectivity index (χ2n) is 8.29. The third kappa shape index (κ3) is 3.80. The molecule has 2 amide bonds. The number of benzene rings is 1. The molecule has 2 atom stereocenters. The van der Waals surface area contributed by atoms with Crippen molar-refractivity contribution in [3.05, 3.63) is 74.3 Å². The first-order chi connectivity index (χ1) is 17.0. The highest BCUT2D eigenvalue weighted by Crippen LogP contribution is 2.32. The molecule has 2 aliphatic rings. The standard InChI is InChI=1S/C23H23F3N4O6/c1-10-20(35-3)21(36-4)11(2)30-9-28(10)23(34)17-19(32)18(31)14(8-29(17)30)22(33)27-7-13-15(25)5-12(24)6-16(13)26/h5-6,8,10-11,32H,7,9H2,1-4H3,(H,27,33)/t10-,11+/m0/s1. The molecule has 4 rings (SSSR count). The molecule has 1 aromatic carbocycles. The third-order valence-corrected chi connectivity index (χ3v) is 6.33. The number of nitrogens with zero attached hydrogens (tertiary/aromatic N) is 3. The number of pyridine rings is 1. The van der Waals surface area contributed by atoms with Crippen molar-refractivity contribution in [1.29, 1.82) is 0 Å². The summed E-state index contributed by atoms with van der Waals surface area (Å²) in [5.41, 5.74) is -2.72. The average Bonchev–Trinajstić information content (AvgIpc) is 2.91. The van der Waals surface area contributed by atoms with Crippen LogP contribution in [-0.4, -0.2) is 59.5 Å². The van der Waals surface area contributed by atoms with Crippen molar-refractivity contribution in [3.63, 3.8) is 0 Å². The van der Waals surface area contributed by atoms with E-state index in [4.69, 9.17) is 9.47 Å². The summed E-state index contributed by atoms with van der Waals surface area (Å²) in [6, 6.07) is -0.252. The van der Waals surface area contributed by atoms with Gasteiger partial charge in [0.2, 0.25) is 5.43 Å². The Hall–Kier alpha value is -4.16. The molecule has 0 radical (unpaired) electrons. The van der Waals surface area contributed by atoms with Gasteiger partial charge in [0.15, 0.2) is 23.0 Å². The van der Waals surface area contributed by atoms with Gasteiger partial charge < -0.3 is 24.8 Å². The van der Waals surface area contributed by atoms with Crippen molar-refractivity contribution in [3.8, 4) is 5.75 Å². The van der Waals surface area contributed by atoms with E-state index < -0.39 is 70.2 Å². The molecule has 0 unspecified atom stereocenters. The van der Waals surface area contributed by atoms with Gasteiger partial charge in [-0.15, -0.1) is 0 Å². The van der Waals surface area contributed by atoms with E-state index in [9.17, 15) is 32.7 Å². The van der Waals surface area contributed by atoms with Gasteiger partial charge in [-0.2, -0.15) is 0 Å². The first kappa shape index (κ1) is 24.9. The Balaban J connectivity index is 1.76. The van der Waals surface area contributed by atoms with Gasteiger partial charge in [0.25, 0.3) is 11.8 Å². The zero-order valence-corrected chi connectivity index (χ0v) is 19.8. The normalized spacial score (nSPS) is 19.1. The van der Waals surface area contributed by atoms with Crippen molar-refractivity contribution in [2.24, 2.45) is 0 Å². The molecule has 0 aliphatic carbocycles. The largest absolute Gasteiger partial charge is 0.502 e. The zero-order chi connectivity index (χ0) is 26.5. The lowest BCUT2D eigenvalue weighted by molar-refractivity contribution is 0.0599. The van der Waals surface area contributed by atoms with Crippen molar-refractivity contribution in [2.75, 3.05) is 25.9 Å². The van der Waals surface area contributed by atoms with Crippen LogP contribution in [0.5, 0.6) is 5.75 Å². The molecule has 13 heteroatoms. The fraction of sp³-hybridized carbons (Fsp3) is 0.348. The Labute approximate surface area is 203 Å². The van der Waals surface area contributed by atoms with Crippen LogP contribution in [0.1, 0.15) is 40.3 Å². The van der Waals surface area contributed by atoms with Crippen LogP contribution in [0, 0.1) is 17.5 Å². The Kier molecular flexibility index (Phi) is 6.33. The van der Waals surface area contributed by atoms with Crippen molar-refractivity contribution >= 4 is 11.8 Å². The molecule has 0 saturated heterocycles. The molecule has 3 heterocycles. The van der Waals surface area contributed by atoms with Crippen molar-refractivity contribution in [2.45, 2.75) is 32.5 Å². The molecule has 1 aromatic heterocycles. The number of amides is 2. The maximum atomic E-state index is 13.9. The number of aromatic nitrogens is 1. The number of hydrogen-bond donors (Lipinski definition) is 2. The molecular formula is C23H23F3N4O6. The van der Waals surface area contributed by atoms with Crippen molar-refractivity contribution in [1.82, 2.24) is 14.9 Å². The number of nitrogens with one attached hydrogen (secondary N) is 1. The number of rotatable bonds is 5. The van der Waals surface area contributed by atoms with Crippen LogP contribution in [-0.2, 0) is 16.0 Å². The number of ether oxygens (including phenoxy) is 2. The van der Waals surface area contributed by atoms with E-state index in [2.05, 4.69) is 5.32 Å². The van der Waals surface area contributed by atoms with E-state index in [-0.39, 0.29) is 12.4 Å². The van der Waals surface area contributed by atoms with Gasteiger partial charge in [-0.05, 0) is 13.8 Å². The van der Waals surface area contributed by atoms with Gasteiger partial charge in [-0.3, -0.25) is 24.1 Å². The van der Waals surface area contributed by atoms with Gasteiger partial charge in [0.1, 0.15) is 35.7 Å². The summed E-state index contributed by atoms with van der Waals surface area (Å²) < 4.78 is 53.2. The minimum Gasteiger partial charge on any atom is -0.502 e. The van der Waals surface area contributed by atoms with Crippen LogP contribution in [0.4, 0.5) is 13.2 Å². The molecule has 192 valence electrons. The Bertz CT molecular complexity index is 1340. The number of hydrogen-bond acceptors (Lipinski definition) is 7. The summed E-state index contributed by atoms with van der Waals surface area (Å²) in [4.78, 5) is 40.3. The first-order valence-corrected chi connectivity index (χ1v) is 10.8. The number of halogens is 3. The lowest BCUT2D eigenvalue weighted by Crippen LogP contribution is -2.58.